The van der Waals surface area contributed by atoms with E-state index in [-0.39, 0.29) is 0 Å². The molecule has 0 saturated carbocycles. The third-order valence-corrected chi connectivity index (χ3v) is 2.46. The van der Waals surface area contributed by atoms with Gasteiger partial charge in [-0.1, -0.05) is 48.4 Å². The second-order valence-electron chi connectivity index (χ2n) is 3.40. The molecule has 2 aromatic carbocycles. The lowest BCUT2D eigenvalue weighted by Gasteiger charge is -2.06. The molecule has 0 fully saturated rings. The summed E-state index contributed by atoms with van der Waals surface area (Å²) >= 11 is 0. The Labute approximate surface area is 94.7 Å². The summed E-state index contributed by atoms with van der Waals surface area (Å²) in [6.45, 7) is 0. The number of rotatable bonds is 2. The van der Waals surface area contributed by atoms with E-state index in [2.05, 4.69) is 5.92 Å². The number of carbonyl (C=O) groups is 1. The minimum absolute atomic E-state index is 0.658. The van der Waals surface area contributed by atoms with Gasteiger partial charge in [-0.05, 0) is 17.2 Å². The standard InChI is InChI=1S/C15H10O/c1-2-12-7-3-5-9-14(12)15-10-6-4-8-13(15)11-16/h1,3-11H. The molecule has 0 bridgehead atoms. The van der Waals surface area contributed by atoms with Crippen molar-refractivity contribution in [2.45, 2.75) is 0 Å². The monoisotopic (exact) mass is 206 g/mol. The normalized spacial score (nSPS) is 9.44. The van der Waals surface area contributed by atoms with Crippen LogP contribution in [0.25, 0.3) is 11.1 Å². The van der Waals surface area contributed by atoms with Crippen molar-refractivity contribution in [1.82, 2.24) is 0 Å². The third-order valence-electron chi connectivity index (χ3n) is 2.46. The van der Waals surface area contributed by atoms with Crippen LogP contribution in [0, 0.1) is 12.3 Å². The summed E-state index contributed by atoms with van der Waals surface area (Å²) in [6.07, 6.45) is 6.29. The Kier molecular flexibility index (Phi) is 2.84. The number of aldehydes is 1. The van der Waals surface area contributed by atoms with E-state index in [9.17, 15) is 4.79 Å². The number of terminal acetylenes is 1. The second kappa shape index (κ2) is 4.46. The second-order valence-corrected chi connectivity index (χ2v) is 3.40. The number of hydrogen-bond acceptors (Lipinski definition) is 1. The molecule has 0 aliphatic heterocycles. The first-order chi connectivity index (χ1) is 7.86. The van der Waals surface area contributed by atoms with Gasteiger partial charge >= 0.3 is 0 Å². The van der Waals surface area contributed by atoms with Crippen molar-refractivity contribution < 1.29 is 4.79 Å². The van der Waals surface area contributed by atoms with E-state index in [1.807, 2.05) is 42.5 Å². The molecule has 1 nitrogen and oxygen atoms in total. The highest BCUT2D eigenvalue weighted by Crippen LogP contribution is 2.25. The Morgan fingerprint density at radius 2 is 1.56 bits per heavy atom. The van der Waals surface area contributed by atoms with E-state index in [0.717, 1.165) is 23.0 Å². The first-order valence-electron chi connectivity index (χ1n) is 4.97. The largest absolute Gasteiger partial charge is 0.298 e. The van der Waals surface area contributed by atoms with Gasteiger partial charge in [0.15, 0.2) is 6.29 Å². The molecule has 0 amide bonds. The fraction of sp³-hybridized carbons (Fsp3) is 0. The van der Waals surface area contributed by atoms with Crippen LogP contribution in [0.3, 0.4) is 0 Å². The fourth-order valence-electron chi connectivity index (χ4n) is 1.69. The van der Waals surface area contributed by atoms with E-state index in [4.69, 9.17) is 6.42 Å². The molecule has 2 rings (SSSR count). The van der Waals surface area contributed by atoms with Gasteiger partial charge in [0.25, 0.3) is 0 Å². The molecule has 0 spiro atoms. The zero-order valence-electron chi connectivity index (χ0n) is 8.68. The van der Waals surface area contributed by atoms with Crippen molar-refractivity contribution in [2.24, 2.45) is 0 Å². The lowest BCUT2D eigenvalue weighted by molar-refractivity contribution is 0.112. The zero-order chi connectivity index (χ0) is 11.4. The molecule has 1 heteroatoms. The summed E-state index contributed by atoms with van der Waals surface area (Å²) in [5.74, 6) is 2.63. The zero-order valence-corrected chi connectivity index (χ0v) is 8.68. The van der Waals surface area contributed by atoms with E-state index in [1.165, 1.54) is 0 Å². The smallest absolute Gasteiger partial charge is 0.150 e. The van der Waals surface area contributed by atoms with Crippen LogP contribution in [0.5, 0.6) is 0 Å². The molecule has 0 aliphatic carbocycles. The molecule has 76 valence electrons. The van der Waals surface area contributed by atoms with Gasteiger partial charge in [-0.2, -0.15) is 0 Å². The van der Waals surface area contributed by atoms with Crippen molar-refractivity contribution in [3.05, 3.63) is 59.7 Å². The molecule has 0 radical (unpaired) electrons. The topological polar surface area (TPSA) is 17.1 Å². The average Bonchev–Trinajstić information content (AvgIpc) is 2.38. The van der Waals surface area contributed by atoms with Crippen LogP contribution in [0.1, 0.15) is 15.9 Å². The summed E-state index contributed by atoms with van der Waals surface area (Å²) in [7, 11) is 0. The van der Waals surface area contributed by atoms with Crippen molar-refractivity contribution >= 4 is 6.29 Å². The lowest BCUT2D eigenvalue weighted by Crippen LogP contribution is -1.89. The summed E-state index contributed by atoms with van der Waals surface area (Å²) in [5, 5.41) is 0. The Morgan fingerprint density at radius 1 is 0.938 bits per heavy atom. The minimum atomic E-state index is 0.658. The van der Waals surface area contributed by atoms with Gasteiger partial charge in [0.2, 0.25) is 0 Å². The van der Waals surface area contributed by atoms with Gasteiger partial charge < -0.3 is 0 Å². The van der Waals surface area contributed by atoms with E-state index in [1.54, 1.807) is 6.07 Å². The fourth-order valence-corrected chi connectivity index (χ4v) is 1.69. The van der Waals surface area contributed by atoms with Gasteiger partial charge in [-0.3, -0.25) is 4.79 Å². The van der Waals surface area contributed by atoms with Crippen molar-refractivity contribution in [2.75, 3.05) is 0 Å². The van der Waals surface area contributed by atoms with Gasteiger partial charge in [0.1, 0.15) is 0 Å². The quantitative estimate of drug-likeness (QED) is 0.545. The van der Waals surface area contributed by atoms with Crippen LogP contribution in [-0.4, -0.2) is 6.29 Å². The maximum Gasteiger partial charge on any atom is 0.150 e. The van der Waals surface area contributed by atoms with E-state index >= 15 is 0 Å². The number of hydrogen-bond donors (Lipinski definition) is 0. The predicted octanol–water partition coefficient (Wildman–Crippen LogP) is 3.15. The Morgan fingerprint density at radius 3 is 2.25 bits per heavy atom. The van der Waals surface area contributed by atoms with Gasteiger partial charge in [-0.15, -0.1) is 6.42 Å². The van der Waals surface area contributed by atoms with Crippen LogP contribution in [0.15, 0.2) is 48.5 Å². The molecular weight excluding hydrogens is 196 g/mol. The highest BCUT2D eigenvalue weighted by atomic mass is 16.1. The molecule has 0 unspecified atom stereocenters. The van der Waals surface area contributed by atoms with E-state index < -0.39 is 0 Å². The Bertz CT molecular complexity index is 562. The number of benzene rings is 2. The van der Waals surface area contributed by atoms with Crippen LogP contribution in [0.2, 0.25) is 0 Å². The lowest BCUT2D eigenvalue weighted by atomic mass is 9.96. The molecular formula is C15H10O. The highest BCUT2D eigenvalue weighted by molar-refractivity contribution is 5.89. The summed E-state index contributed by atoms with van der Waals surface area (Å²) < 4.78 is 0. The molecule has 16 heavy (non-hydrogen) atoms. The SMILES string of the molecule is C#Cc1ccccc1-c1ccccc1C=O. The first kappa shape index (κ1) is 10.2. The molecule has 0 heterocycles. The van der Waals surface area contributed by atoms with Crippen molar-refractivity contribution in [1.29, 1.82) is 0 Å². The summed E-state index contributed by atoms with van der Waals surface area (Å²) in [5.41, 5.74) is 3.26. The predicted molar refractivity (Wildman–Crippen MR) is 65.2 cm³/mol. The minimum Gasteiger partial charge on any atom is -0.298 e. The molecule has 2 aromatic rings. The molecule has 0 aromatic heterocycles. The first-order valence-corrected chi connectivity index (χ1v) is 4.97. The maximum absolute atomic E-state index is 10.9. The van der Waals surface area contributed by atoms with Crippen LogP contribution in [0.4, 0.5) is 0 Å². The third kappa shape index (κ3) is 1.74. The Balaban J connectivity index is 2.68. The van der Waals surface area contributed by atoms with Crippen molar-refractivity contribution in [3.8, 4) is 23.5 Å². The van der Waals surface area contributed by atoms with Crippen molar-refractivity contribution in [3.63, 3.8) is 0 Å². The summed E-state index contributed by atoms with van der Waals surface area (Å²) in [6, 6.07) is 15.0. The number of carbonyl (C=O) groups excluding carboxylic acids is 1. The van der Waals surface area contributed by atoms with Crippen LogP contribution >= 0.6 is 0 Å². The van der Waals surface area contributed by atoms with Gasteiger partial charge in [0.05, 0.1) is 0 Å². The Hall–Kier alpha value is -2.33. The maximum atomic E-state index is 10.9. The van der Waals surface area contributed by atoms with E-state index in [0.29, 0.717) is 5.56 Å². The van der Waals surface area contributed by atoms with Crippen LogP contribution in [-0.2, 0) is 0 Å². The van der Waals surface area contributed by atoms with Crippen LogP contribution < -0.4 is 0 Å². The average molecular weight is 206 g/mol. The molecule has 0 N–H and O–H groups in total. The summed E-state index contributed by atoms with van der Waals surface area (Å²) in [4.78, 5) is 10.9. The molecule has 0 aliphatic rings. The molecule has 0 atom stereocenters. The van der Waals surface area contributed by atoms with Gasteiger partial charge in [0, 0.05) is 11.1 Å². The van der Waals surface area contributed by atoms with Gasteiger partial charge in [-0.25, -0.2) is 0 Å². The molecule has 0 saturated heterocycles. The highest BCUT2D eigenvalue weighted by Gasteiger charge is 2.06.